The number of hydrogen-bond donors (Lipinski definition) is 1. The first kappa shape index (κ1) is 17.9. The van der Waals surface area contributed by atoms with Crippen molar-refractivity contribution < 1.29 is 22.7 Å². The SMILES string of the molecule is COCCS(=O)(=O)N[C@H](C(=O)N1CCOCC1)c1ccccc1. The Kier molecular flexibility index (Phi) is 6.52. The molecule has 1 aliphatic rings. The third-order valence-electron chi connectivity index (χ3n) is 3.56. The molecule has 0 radical (unpaired) electrons. The van der Waals surface area contributed by atoms with Crippen molar-refractivity contribution >= 4 is 15.9 Å². The monoisotopic (exact) mass is 342 g/mol. The molecule has 1 aromatic rings. The average Bonchev–Trinajstić information content (AvgIpc) is 2.59. The van der Waals surface area contributed by atoms with Gasteiger partial charge in [-0.15, -0.1) is 0 Å². The maximum absolute atomic E-state index is 12.8. The number of hydrogen-bond acceptors (Lipinski definition) is 5. The standard InChI is InChI=1S/C15H22N2O5S/c1-21-11-12-23(19,20)16-14(13-5-3-2-4-6-13)15(18)17-7-9-22-10-8-17/h2-6,14,16H,7-12H2,1H3/t14-/m0/s1. The molecule has 7 nitrogen and oxygen atoms in total. The summed E-state index contributed by atoms with van der Waals surface area (Å²) in [7, 11) is -2.19. The van der Waals surface area contributed by atoms with E-state index in [9.17, 15) is 13.2 Å². The second-order valence-electron chi connectivity index (χ2n) is 5.21. The molecule has 0 aliphatic carbocycles. The fourth-order valence-corrected chi connectivity index (χ4v) is 3.40. The lowest BCUT2D eigenvalue weighted by molar-refractivity contribution is -0.137. The summed E-state index contributed by atoms with van der Waals surface area (Å²) in [5.74, 6) is -0.455. The summed E-state index contributed by atoms with van der Waals surface area (Å²) in [5, 5.41) is 0. The van der Waals surface area contributed by atoms with Crippen LogP contribution in [0.5, 0.6) is 0 Å². The lowest BCUT2D eigenvalue weighted by Gasteiger charge is -2.30. The summed E-state index contributed by atoms with van der Waals surface area (Å²) in [6.07, 6.45) is 0. The highest BCUT2D eigenvalue weighted by molar-refractivity contribution is 7.89. The Morgan fingerprint density at radius 2 is 1.96 bits per heavy atom. The Morgan fingerprint density at radius 1 is 1.30 bits per heavy atom. The molecule has 1 fully saturated rings. The third-order valence-corrected chi connectivity index (χ3v) is 4.86. The topological polar surface area (TPSA) is 84.9 Å². The molecule has 0 aromatic heterocycles. The summed E-state index contributed by atoms with van der Waals surface area (Å²) in [6.45, 7) is 1.92. The molecular weight excluding hydrogens is 320 g/mol. The normalized spacial score (nSPS) is 17.0. The van der Waals surface area contributed by atoms with E-state index in [-0.39, 0.29) is 18.3 Å². The molecule has 1 aliphatic heterocycles. The Labute approximate surface area is 136 Å². The predicted molar refractivity (Wildman–Crippen MR) is 85.4 cm³/mol. The highest BCUT2D eigenvalue weighted by Gasteiger charge is 2.30. The summed E-state index contributed by atoms with van der Waals surface area (Å²) >= 11 is 0. The van der Waals surface area contributed by atoms with Crippen molar-refractivity contribution in [2.45, 2.75) is 6.04 Å². The van der Waals surface area contributed by atoms with Crippen molar-refractivity contribution in [3.63, 3.8) is 0 Å². The Hall–Kier alpha value is -1.48. The molecule has 1 N–H and O–H groups in total. The quantitative estimate of drug-likeness (QED) is 0.763. The first-order valence-electron chi connectivity index (χ1n) is 7.44. The fraction of sp³-hybridized carbons (Fsp3) is 0.533. The second-order valence-corrected chi connectivity index (χ2v) is 7.08. The van der Waals surface area contributed by atoms with Gasteiger partial charge in [0.15, 0.2) is 0 Å². The molecule has 128 valence electrons. The van der Waals surface area contributed by atoms with Gasteiger partial charge in [0.25, 0.3) is 0 Å². The molecule has 8 heteroatoms. The average molecular weight is 342 g/mol. The minimum absolute atomic E-state index is 0.0720. The van der Waals surface area contributed by atoms with Crippen molar-refractivity contribution in [3.8, 4) is 0 Å². The zero-order chi connectivity index (χ0) is 16.7. The Bertz CT molecular complexity index is 600. The van der Waals surface area contributed by atoms with Gasteiger partial charge in [-0.25, -0.2) is 8.42 Å². The molecule has 2 rings (SSSR count). The number of amides is 1. The summed E-state index contributed by atoms with van der Waals surface area (Å²) in [5.41, 5.74) is 0.616. The van der Waals surface area contributed by atoms with Crippen LogP contribution in [-0.2, 0) is 24.3 Å². The van der Waals surface area contributed by atoms with Gasteiger partial charge in [-0.05, 0) is 5.56 Å². The van der Waals surface area contributed by atoms with Gasteiger partial charge in [0, 0.05) is 20.2 Å². The summed E-state index contributed by atoms with van der Waals surface area (Å²) < 4.78 is 36.9. The van der Waals surface area contributed by atoms with Crippen molar-refractivity contribution in [2.75, 3.05) is 45.8 Å². The van der Waals surface area contributed by atoms with Gasteiger partial charge in [0.2, 0.25) is 15.9 Å². The van der Waals surface area contributed by atoms with Crippen LogP contribution in [-0.4, -0.2) is 65.0 Å². The number of benzene rings is 1. The van der Waals surface area contributed by atoms with Crippen molar-refractivity contribution in [3.05, 3.63) is 35.9 Å². The fourth-order valence-electron chi connectivity index (χ4n) is 2.30. The van der Waals surface area contributed by atoms with Crippen LogP contribution >= 0.6 is 0 Å². The molecule has 1 atom stereocenters. The van der Waals surface area contributed by atoms with Crippen molar-refractivity contribution in [1.29, 1.82) is 0 Å². The van der Waals surface area contributed by atoms with Crippen LogP contribution in [0.2, 0.25) is 0 Å². The molecular formula is C15H22N2O5S. The highest BCUT2D eigenvalue weighted by atomic mass is 32.2. The number of carbonyl (C=O) groups excluding carboxylic acids is 1. The minimum Gasteiger partial charge on any atom is -0.384 e. The van der Waals surface area contributed by atoms with E-state index < -0.39 is 16.1 Å². The van der Waals surface area contributed by atoms with Gasteiger partial charge in [0.1, 0.15) is 6.04 Å². The molecule has 23 heavy (non-hydrogen) atoms. The van der Waals surface area contributed by atoms with Gasteiger partial charge >= 0.3 is 0 Å². The van der Waals surface area contributed by atoms with Crippen LogP contribution in [0.1, 0.15) is 11.6 Å². The lowest BCUT2D eigenvalue weighted by atomic mass is 10.1. The number of carbonyl (C=O) groups is 1. The van der Waals surface area contributed by atoms with E-state index in [0.717, 1.165) is 0 Å². The molecule has 1 amide bonds. The van der Waals surface area contributed by atoms with E-state index in [1.165, 1.54) is 7.11 Å². The summed E-state index contributed by atoms with van der Waals surface area (Å²) in [6, 6.07) is 7.91. The van der Waals surface area contributed by atoms with E-state index >= 15 is 0 Å². The molecule has 1 aromatic carbocycles. The number of ether oxygens (including phenoxy) is 2. The minimum atomic E-state index is -3.63. The first-order valence-corrected chi connectivity index (χ1v) is 9.09. The van der Waals surface area contributed by atoms with Crippen molar-refractivity contribution in [1.82, 2.24) is 9.62 Å². The Morgan fingerprint density at radius 3 is 2.57 bits per heavy atom. The van der Waals surface area contributed by atoms with Gasteiger partial charge in [-0.3, -0.25) is 4.79 Å². The van der Waals surface area contributed by atoms with Gasteiger partial charge < -0.3 is 14.4 Å². The molecule has 1 saturated heterocycles. The third kappa shape index (κ3) is 5.28. The van der Waals surface area contributed by atoms with Gasteiger partial charge in [-0.2, -0.15) is 4.72 Å². The number of nitrogens with one attached hydrogen (secondary N) is 1. The highest BCUT2D eigenvalue weighted by Crippen LogP contribution is 2.18. The zero-order valence-electron chi connectivity index (χ0n) is 13.1. The molecule has 0 saturated carbocycles. The van der Waals surface area contributed by atoms with Gasteiger partial charge in [0.05, 0.1) is 25.6 Å². The van der Waals surface area contributed by atoms with Crippen LogP contribution < -0.4 is 4.72 Å². The van der Waals surface area contributed by atoms with Crippen LogP contribution in [0.15, 0.2) is 30.3 Å². The number of sulfonamides is 1. The van der Waals surface area contributed by atoms with E-state index in [4.69, 9.17) is 9.47 Å². The maximum Gasteiger partial charge on any atom is 0.245 e. The number of morpholine rings is 1. The lowest BCUT2D eigenvalue weighted by Crippen LogP contribution is -2.47. The van der Waals surface area contributed by atoms with E-state index in [0.29, 0.717) is 31.9 Å². The number of nitrogens with zero attached hydrogens (tertiary/aromatic N) is 1. The van der Waals surface area contributed by atoms with Crippen LogP contribution in [0.3, 0.4) is 0 Å². The summed E-state index contributed by atoms with van der Waals surface area (Å²) in [4.78, 5) is 14.4. The van der Waals surface area contributed by atoms with Crippen LogP contribution in [0, 0.1) is 0 Å². The first-order chi connectivity index (χ1) is 11.0. The number of rotatable bonds is 7. The molecule has 0 spiro atoms. The predicted octanol–water partition coefficient (Wildman–Crippen LogP) is 0.152. The molecule has 0 bridgehead atoms. The zero-order valence-corrected chi connectivity index (χ0v) is 13.9. The molecule has 0 unspecified atom stereocenters. The van der Waals surface area contributed by atoms with Crippen LogP contribution in [0.4, 0.5) is 0 Å². The smallest absolute Gasteiger partial charge is 0.245 e. The number of methoxy groups -OCH3 is 1. The maximum atomic E-state index is 12.8. The van der Waals surface area contributed by atoms with Gasteiger partial charge in [-0.1, -0.05) is 30.3 Å². The van der Waals surface area contributed by atoms with E-state index in [1.54, 1.807) is 29.2 Å². The van der Waals surface area contributed by atoms with Crippen molar-refractivity contribution in [2.24, 2.45) is 0 Å². The van der Waals surface area contributed by atoms with E-state index in [2.05, 4.69) is 4.72 Å². The largest absolute Gasteiger partial charge is 0.384 e. The molecule has 1 heterocycles. The second kappa shape index (κ2) is 8.39. The van der Waals surface area contributed by atoms with Crippen LogP contribution in [0.25, 0.3) is 0 Å². The van der Waals surface area contributed by atoms with E-state index in [1.807, 2.05) is 6.07 Å². The Balaban J connectivity index is 2.20.